The molecular formula is C23H26ClNO5. The van der Waals surface area contributed by atoms with Crippen LogP contribution in [0.1, 0.15) is 31.9 Å². The van der Waals surface area contributed by atoms with E-state index in [4.69, 9.17) is 26.2 Å². The largest absolute Gasteiger partial charge is 0.485 e. The van der Waals surface area contributed by atoms with Gasteiger partial charge in [-0.1, -0.05) is 35.9 Å². The summed E-state index contributed by atoms with van der Waals surface area (Å²) in [6.07, 6.45) is 1.56. The number of hydrogen-bond donors (Lipinski definition) is 1. The van der Waals surface area contributed by atoms with E-state index < -0.39 is 12.6 Å². The van der Waals surface area contributed by atoms with Crippen LogP contribution in [-0.4, -0.2) is 41.6 Å². The molecular weight excluding hydrogens is 406 g/mol. The minimum absolute atomic E-state index is 0.0791. The molecule has 2 aromatic rings. The Hall–Kier alpha value is -2.99. The molecule has 0 radical (unpaired) electrons. The van der Waals surface area contributed by atoms with Gasteiger partial charge in [-0.05, 0) is 50.1 Å². The number of allylic oxidation sites excluding steroid dienone is 1. The number of nitrogens with zero attached hydrogens (tertiary/aromatic N) is 1. The molecule has 0 atom stereocenters. The van der Waals surface area contributed by atoms with Crippen molar-refractivity contribution >= 4 is 29.1 Å². The van der Waals surface area contributed by atoms with E-state index in [2.05, 4.69) is 0 Å². The molecule has 0 aliphatic heterocycles. The third kappa shape index (κ3) is 6.52. The van der Waals surface area contributed by atoms with E-state index in [0.29, 0.717) is 23.9 Å². The summed E-state index contributed by atoms with van der Waals surface area (Å²) in [6.45, 7) is 6.62. The molecule has 2 rings (SSSR count). The van der Waals surface area contributed by atoms with E-state index in [1.54, 1.807) is 35.2 Å². The molecule has 0 bridgehead atoms. The van der Waals surface area contributed by atoms with Crippen LogP contribution in [0.3, 0.4) is 0 Å². The van der Waals surface area contributed by atoms with E-state index in [1.807, 2.05) is 39.0 Å². The van der Waals surface area contributed by atoms with Gasteiger partial charge in [0.25, 0.3) is 0 Å². The van der Waals surface area contributed by atoms with Crippen LogP contribution in [-0.2, 0) is 16.2 Å². The van der Waals surface area contributed by atoms with Gasteiger partial charge in [-0.2, -0.15) is 0 Å². The summed E-state index contributed by atoms with van der Waals surface area (Å²) < 4.78 is 11.3. The fourth-order valence-corrected chi connectivity index (χ4v) is 2.98. The highest BCUT2D eigenvalue weighted by atomic mass is 35.5. The summed E-state index contributed by atoms with van der Waals surface area (Å²) in [5, 5.41) is 9.56. The lowest BCUT2D eigenvalue weighted by atomic mass is 10.1. The lowest BCUT2D eigenvalue weighted by Gasteiger charge is -2.17. The normalized spacial score (nSPS) is 11.1. The number of rotatable bonds is 10. The van der Waals surface area contributed by atoms with Gasteiger partial charge < -0.3 is 19.5 Å². The van der Waals surface area contributed by atoms with E-state index in [1.165, 1.54) is 0 Å². The fraction of sp³-hybridized carbons (Fsp3) is 0.304. The number of carbonyl (C=O) groups excluding carboxylic acids is 1. The summed E-state index contributed by atoms with van der Waals surface area (Å²) in [6, 6.07) is 12.5. The number of hydrogen-bond acceptors (Lipinski definition) is 4. The summed E-state index contributed by atoms with van der Waals surface area (Å²) in [5.41, 5.74) is 2.28. The molecule has 6 nitrogen and oxygen atoms in total. The third-order valence-corrected chi connectivity index (χ3v) is 4.88. The van der Waals surface area contributed by atoms with Crippen molar-refractivity contribution in [2.45, 2.75) is 27.4 Å². The van der Waals surface area contributed by atoms with Gasteiger partial charge in [0.15, 0.2) is 18.1 Å². The number of likely N-dealkylation sites (N-methyl/N-ethyl adjacent to an activating group) is 1. The molecule has 160 valence electrons. The van der Waals surface area contributed by atoms with Crippen molar-refractivity contribution in [3.8, 4) is 11.5 Å². The second-order valence-corrected chi connectivity index (χ2v) is 6.97. The zero-order valence-electron chi connectivity index (χ0n) is 17.4. The van der Waals surface area contributed by atoms with Crippen LogP contribution in [0.2, 0.25) is 5.02 Å². The first-order chi connectivity index (χ1) is 14.3. The molecule has 0 aliphatic rings. The fourth-order valence-electron chi connectivity index (χ4n) is 2.79. The number of carboxylic acid groups (broad SMARTS) is 1. The van der Waals surface area contributed by atoms with Gasteiger partial charge in [0.05, 0.1) is 0 Å². The highest BCUT2D eigenvalue weighted by Crippen LogP contribution is 2.32. The molecule has 0 aliphatic carbocycles. The highest BCUT2D eigenvalue weighted by molar-refractivity contribution is 6.31. The molecule has 0 aromatic heterocycles. The van der Waals surface area contributed by atoms with Crippen LogP contribution in [0.4, 0.5) is 0 Å². The number of carbonyl (C=O) groups is 2. The summed E-state index contributed by atoms with van der Waals surface area (Å²) >= 11 is 6.17. The Morgan fingerprint density at radius 1 is 1.07 bits per heavy atom. The van der Waals surface area contributed by atoms with Gasteiger partial charge in [-0.25, -0.2) is 4.79 Å². The Morgan fingerprint density at radius 3 is 2.40 bits per heavy atom. The Bertz CT molecular complexity index is 922. The summed E-state index contributed by atoms with van der Waals surface area (Å²) in [5.74, 6) is -0.501. The highest BCUT2D eigenvalue weighted by Gasteiger charge is 2.13. The predicted molar refractivity (Wildman–Crippen MR) is 117 cm³/mol. The third-order valence-electron chi connectivity index (χ3n) is 4.51. The van der Waals surface area contributed by atoms with Crippen molar-refractivity contribution in [3.63, 3.8) is 0 Å². The standard InChI is InChI=1S/C23H26ClNO5/c1-4-25(5-2)22(26)12-16(3)17-10-11-20(21(13-17)30-15-23(27)28)29-14-18-8-6-7-9-19(18)24/h6-13H,4-5,14-15H2,1-3H3,(H,27,28). The average molecular weight is 432 g/mol. The molecule has 1 N–H and O–H groups in total. The van der Waals surface area contributed by atoms with Crippen molar-refractivity contribution in [3.05, 3.63) is 64.7 Å². The van der Waals surface area contributed by atoms with Crippen molar-refractivity contribution in [2.24, 2.45) is 0 Å². The molecule has 0 unspecified atom stereocenters. The van der Waals surface area contributed by atoms with Crippen LogP contribution >= 0.6 is 11.6 Å². The van der Waals surface area contributed by atoms with Crippen molar-refractivity contribution in [1.29, 1.82) is 0 Å². The Morgan fingerprint density at radius 2 is 1.77 bits per heavy atom. The van der Waals surface area contributed by atoms with E-state index >= 15 is 0 Å². The van der Waals surface area contributed by atoms with Gasteiger partial charge in [0.1, 0.15) is 6.61 Å². The van der Waals surface area contributed by atoms with E-state index in [-0.39, 0.29) is 18.3 Å². The topological polar surface area (TPSA) is 76.1 Å². The van der Waals surface area contributed by atoms with Gasteiger partial charge in [-0.3, -0.25) is 4.79 Å². The van der Waals surface area contributed by atoms with Crippen LogP contribution in [0.5, 0.6) is 11.5 Å². The van der Waals surface area contributed by atoms with Crippen molar-refractivity contribution in [2.75, 3.05) is 19.7 Å². The Kier molecular flexibility index (Phi) is 8.74. The maximum atomic E-state index is 12.4. The van der Waals surface area contributed by atoms with Crippen LogP contribution < -0.4 is 9.47 Å². The maximum absolute atomic E-state index is 12.4. The van der Waals surface area contributed by atoms with Gasteiger partial charge in [-0.15, -0.1) is 0 Å². The minimum Gasteiger partial charge on any atom is -0.485 e. The predicted octanol–water partition coefficient (Wildman–Crippen LogP) is 4.65. The lowest BCUT2D eigenvalue weighted by Crippen LogP contribution is -2.28. The van der Waals surface area contributed by atoms with E-state index in [9.17, 15) is 9.59 Å². The molecule has 0 heterocycles. The molecule has 2 aromatic carbocycles. The lowest BCUT2D eigenvalue weighted by molar-refractivity contribution is -0.139. The van der Waals surface area contributed by atoms with Crippen LogP contribution in [0.25, 0.3) is 5.57 Å². The molecule has 0 saturated carbocycles. The Balaban J connectivity index is 2.27. The molecule has 0 spiro atoms. The summed E-state index contributed by atoms with van der Waals surface area (Å²) in [7, 11) is 0. The Labute approximate surface area is 181 Å². The molecule has 0 saturated heterocycles. The number of halogens is 1. The molecule has 1 amide bonds. The van der Waals surface area contributed by atoms with Crippen molar-refractivity contribution in [1.82, 2.24) is 4.90 Å². The minimum atomic E-state index is -1.10. The number of ether oxygens (including phenoxy) is 2. The van der Waals surface area contributed by atoms with Crippen LogP contribution in [0, 0.1) is 0 Å². The molecule has 7 heteroatoms. The summed E-state index contributed by atoms with van der Waals surface area (Å²) in [4.78, 5) is 25.0. The number of carboxylic acids is 1. The number of amides is 1. The first-order valence-electron chi connectivity index (χ1n) is 9.68. The maximum Gasteiger partial charge on any atom is 0.341 e. The first-order valence-corrected chi connectivity index (χ1v) is 10.1. The second kappa shape index (κ2) is 11.3. The van der Waals surface area contributed by atoms with Crippen molar-refractivity contribution < 1.29 is 24.2 Å². The average Bonchev–Trinajstić information content (AvgIpc) is 2.72. The SMILES string of the molecule is CCN(CC)C(=O)C=C(C)c1ccc(OCc2ccccc2Cl)c(OCC(=O)O)c1. The first kappa shape index (κ1) is 23.3. The number of aliphatic carboxylic acids is 1. The van der Waals surface area contributed by atoms with Crippen LogP contribution in [0.15, 0.2) is 48.5 Å². The molecule has 30 heavy (non-hydrogen) atoms. The van der Waals surface area contributed by atoms with E-state index in [0.717, 1.165) is 16.7 Å². The zero-order valence-corrected chi connectivity index (χ0v) is 18.1. The van der Waals surface area contributed by atoms with Gasteiger partial charge >= 0.3 is 5.97 Å². The van der Waals surface area contributed by atoms with Gasteiger partial charge in [0.2, 0.25) is 5.91 Å². The quantitative estimate of drug-likeness (QED) is 0.554. The second-order valence-electron chi connectivity index (χ2n) is 6.56. The zero-order chi connectivity index (χ0) is 22.1. The smallest absolute Gasteiger partial charge is 0.341 e. The molecule has 0 fully saturated rings. The number of benzene rings is 2. The van der Waals surface area contributed by atoms with Gasteiger partial charge in [0, 0.05) is 29.8 Å². The monoisotopic (exact) mass is 431 g/mol.